The second kappa shape index (κ2) is 8.09. The van der Waals surface area contributed by atoms with E-state index in [1.807, 2.05) is 6.92 Å². The molecule has 1 atom stereocenters. The first-order valence-electron chi connectivity index (χ1n) is 6.93. The lowest BCUT2D eigenvalue weighted by atomic mass is 9.91. The summed E-state index contributed by atoms with van der Waals surface area (Å²) in [6.45, 7) is 6.49. The Hall–Kier alpha value is -2.67. The van der Waals surface area contributed by atoms with E-state index in [-0.39, 0.29) is 17.5 Å². The number of carbonyl (C=O) groups is 3. The highest BCUT2D eigenvalue weighted by Gasteiger charge is 2.26. The highest BCUT2D eigenvalue weighted by molar-refractivity contribution is 6.04. The molecule has 0 saturated carbocycles. The van der Waals surface area contributed by atoms with Gasteiger partial charge in [0.25, 0.3) is 0 Å². The van der Waals surface area contributed by atoms with Crippen LogP contribution in [-0.4, -0.2) is 34.2 Å². The Bertz CT molecular complexity index is 632. The predicted molar refractivity (Wildman–Crippen MR) is 79.9 cm³/mol. The second-order valence-corrected chi connectivity index (χ2v) is 4.81. The maximum atomic E-state index is 12.2. The minimum atomic E-state index is -1.33. The molecule has 0 bridgehead atoms. The van der Waals surface area contributed by atoms with Gasteiger partial charge in [-0.05, 0) is 37.0 Å². The van der Waals surface area contributed by atoms with Crippen LogP contribution in [0.25, 0.3) is 0 Å². The van der Waals surface area contributed by atoms with E-state index in [9.17, 15) is 24.6 Å². The van der Waals surface area contributed by atoms with E-state index in [4.69, 9.17) is 0 Å². The molecule has 0 aliphatic heterocycles. The van der Waals surface area contributed by atoms with Crippen molar-refractivity contribution in [2.45, 2.75) is 32.8 Å². The highest BCUT2D eigenvalue weighted by atomic mass is 17.2. The van der Waals surface area contributed by atoms with Crippen LogP contribution in [0.4, 0.5) is 0 Å². The molecule has 0 heterocycles. The van der Waals surface area contributed by atoms with Gasteiger partial charge >= 0.3 is 17.9 Å². The summed E-state index contributed by atoms with van der Waals surface area (Å²) < 4.78 is 0. The van der Waals surface area contributed by atoms with Crippen molar-refractivity contribution in [3.8, 4) is 0 Å². The second-order valence-electron chi connectivity index (χ2n) is 4.81. The quantitative estimate of drug-likeness (QED) is 0.465. The zero-order valence-electron chi connectivity index (χ0n) is 12.9. The minimum absolute atomic E-state index is 0.0597. The standard InChI is InChI=1S/C16H18O7/c1-4-10-6-7-11(15(19)20)14(12(10)8-9(3)17)16(21)23-22-13(18)5-2/h5-7,9,17H,2,4,8H2,1,3H3,(H,19,20). The lowest BCUT2D eigenvalue weighted by Crippen LogP contribution is -2.20. The molecule has 23 heavy (non-hydrogen) atoms. The first-order valence-corrected chi connectivity index (χ1v) is 6.93. The summed E-state index contributed by atoms with van der Waals surface area (Å²) in [7, 11) is 0. The van der Waals surface area contributed by atoms with Crippen LogP contribution < -0.4 is 0 Å². The molecule has 1 aromatic rings. The third-order valence-corrected chi connectivity index (χ3v) is 3.09. The molecule has 2 N–H and O–H groups in total. The number of aliphatic hydroxyl groups is 1. The number of carbonyl (C=O) groups excluding carboxylic acids is 2. The average Bonchev–Trinajstić information content (AvgIpc) is 2.50. The van der Waals surface area contributed by atoms with Gasteiger partial charge in [-0.2, -0.15) is 0 Å². The number of aryl methyl sites for hydroxylation is 1. The van der Waals surface area contributed by atoms with Gasteiger partial charge in [-0.3, -0.25) is 0 Å². The third kappa shape index (κ3) is 4.65. The number of benzene rings is 1. The molecule has 1 aromatic carbocycles. The lowest BCUT2D eigenvalue weighted by Gasteiger charge is -2.16. The van der Waals surface area contributed by atoms with E-state index in [0.717, 1.165) is 6.08 Å². The number of aliphatic hydroxyl groups excluding tert-OH is 1. The molecule has 0 saturated heterocycles. The smallest absolute Gasteiger partial charge is 0.387 e. The van der Waals surface area contributed by atoms with E-state index in [0.29, 0.717) is 17.5 Å². The largest absolute Gasteiger partial charge is 0.478 e. The maximum absolute atomic E-state index is 12.2. The van der Waals surface area contributed by atoms with Crippen LogP contribution in [0.5, 0.6) is 0 Å². The lowest BCUT2D eigenvalue weighted by molar-refractivity contribution is -0.228. The van der Waals surface area contributed by atoms with Gasteiger partial charge in [-0.1, -0.05) is 19.6 Å². The van der Waals surface area contributed by atoms with Crippen LogP contribution in [0.3, 0.4) is 0 Å². The highest BCUT2D eigenvalue weighted by Crippen LogP contribution is 2.23. The molecule has 0 aromatic heterocycles. The SMILES string of the molecule is C=CC(=O)OOC(=O)c1c(C(=O)O)ccc(CC)c1CC(C)O. The fourth-order valence-electron chi connectivity index (χ4n) is 2.12. The Balaban J connectivity index is 3.38. The molecule has 7 nitrogen and oxygen atoms in total. The van der Waals surface area contributed by atoms with Gasteiger partial charge in [0.15, 0.2) is 0 Å². The predicted octanol–water partition coefficient (Wildman–Crippen LogP) is 1.67. The van der Waals surface area contributed by atoms with E-state index >= 15 is 0 Å². The van der Waals surface area contributed by atoms with Crippen molar-refractivity contribution in [2.75, 3.05) is 0 Å². The molecule has 0 spiro atoms. The van der Waals surface area contributed by atoms with Gasteiger partial charge < -0.3 is 10.2 Å². The Morgan fingerprint density at radius 1 is 1.30 bits per heavy atom. The number of rotatable bonds is 6. The molecule has 1 unspecified atom stereocenters. The van der Waals surface area contributed by atoms with Crippen LogP contribution in [-0.2, 0) is 27.4 Å². The molecule has 1 rings (SSSR count). The number of carboxylic acid groups (broad SMARTS) is 1. The molecule has 7 heteroatoms. The summed E-state index contributed by atoms with van der Waals surface area (Å²) >= 11 is 0. The summed E-state index contributed by atoms with van der Waals surface area (Å²) in [5, 5.41) is 18.9. The van der Waals surface area contributed by atoms with Crippen LogP contribution in [0, 0.1) is 0 Å². The molecule has 0 aliphatic carbocycles. The average molecular weight is 322 g/mol. The summed E-state index contributed by atoms with van der Waals surface area (Å²) in [5.74, 6) is -3.44. The number of aromatic carboxylic acids is 1. The van der Waals surface area contributed by atoms with Crippen molar-refractivity contribution in [1.82, 2.24) is 0 Å². The van der Waals surface area contributed by atoms with Crippen LogP contribution >= 0.6 is 0 Å². The zero-order valence-corrected chi connectivity index (χ0v) is 12.9. The first kappa shape index (κ1) is 18.4. The van der Waals surface area contributed by atoms with Crippen molar-refractivity contribution < 1.29 is 34.4 Å². The Morgan fingerprint density at radius 3 is 2.43 bits per heavy atom. The number of hydrogen-bond acceptors (Lipinski definition) is 6. The Kier molecular flexibility index (Phi) is 6.47. The van der Waals surface area contributed by atoms with Crippen molar-refractivity contribution in [2.24, 2.45) is 0 Å². The Morgan fingerprint density at radius 2 is 1.96 bits per heavy atom. The van der Waals surface area contributed by atoms with Crippen LogP contribution in [0.1, 0.15) is 45.7 Å². The zero-order chi connectivity index (χ0) is 17.6. The fourth-order valence-corrected chi connectivity index (χ4v) is 2.12. The van der Waals surface area contributed by atoms with E-state index < -0.39 is 24.0 Å². The van der Waals surface area contributed by atoms with E-state index in [1.54, 1.807) is 6.07 Å². The minimum Gasteiger partial charge on any atom is -0.478 e. The van der Waals surface area contributed by atoms with Crippen molar-refractivity contribution in [1.29, 1.82) is 0 Å². The van der Waals surface area contributed by atoms with Crippen molar-refractivity contribution in [3.63, 3.8) is 0 Å². The molecular formula is C16H18O7. The summed E-state index contributed by atoms with van der Waals surface area (Å²) in [5.41, 5.74) is 0.507. The van der Waals surface area contributed by atoms with Gasteiger partial charge in [0.05, 0.1) is 17.2 Å². The Labute approximate surface area is 133 Å². The topological polar surface area (TPSA) is 110 Å². The first-order chi connectivity index (χ1) is 10.8. The number of hydrogen-bond donors (Lipinski definition) is 2. The molecule has 0 fully saturated rings. The van der Waals surface area contributed by atoms with Gasteiger partial charge in [-0.15, -0.1) is 0 Å². The van der Waals surface area contributed by atoms with Gasteiger partial charge in [0, 0.05) is 6.08 Å². The van der Waals surface area contributed by atoms with Crippen LogP contribution in [0.2, 0.25) is 0 Å². The van der Waals surface area contributed by atoms with Crippen molar-refractivity contribution in [3.05, 3.63) is 47.0 Å². The van der Waals surface area contributed by atoms with Crippen LogP contribution in [0.15, 0.2) is 24.8 Å². The normalized spacial score (nSPS) is 11.4. The van der Waals surface area contributed by atoms with E-state index in [1.165, 1.54) is 13.0 Å². The summed E-state index contributed by atoms with van der Waals surface area (Å²) in [6.07, 6.45) is 0.579. The number of carboxylic acids is 1. The van der Waals surface area contributed by atoms with Gasteiger partial charge in [-0.25, -0.2) is 24.2 Å². The van der Waals surface area contributed by atoms with Gasteiger partial charge in [0.1, 0.15) is 0 Å². The summed E-state index contributed by atoms with van der Waals surface area (Å²) in [6, 6.07) is 2.85. The molecule has 0 aliphatic rings. The monoisotopic (exact) mass is 322 g/mol. The fraction of sp³-hybridized carbons (Fsp3) is 0.312. The van der Waals surface area contributed by atoms with E-state index in [2.05, 4.69) is 16.4 Å². The molecular weight excluding hydrogens is 304 g/mol. The summed E-state index contributed by atoms with van der Waals surface area (Å²) in [4.78, 5) is 43.1. The van der Waals surface area contributed by atoms with Gasteiger partial charge in [0.2, 0.25) is 0 Å². The molecule has 0 amide bonds. The maximum Gasteiger partial charge on any atom is 0.387 e. The molecule has 124 valence electrons. The third-order valence-electron chi connectivity index (χ3n) is 3.09. The molecule has 0 radical (unpaired) electrons. The van der Waals surface area contributed by atoms with Crippen molar-refractivity contribution >= 4 is 17.9 Å².